The third-order valence-electron chi connectivity index (χ3n) is 4.91. The molecule has 0 aromatic rings. The molecule has 0 aromatic carbocycles. The predicted molar refractivity (Wildman–Crippen MR) is 105 cm³/mol. The van der Waals surface area contributed by atoms with Gasteiger partial charge in [-0.25, -0.2) is 0 Å². The summed E-state index contributed by atoms with van der Waals surface area (Å²) in [5.74, 6) is -1.42. The molecule has 0 fully saturated rings. The van der Waals surface area contributed by atoms with E-state index in [2.05, 4.69) is 24.9 Å². The molecule has 0 bridgehead atoms. The molecule has 0 spiro atoms. The van der Waals surface area contributed by atoms with Crippen LogP contribution >= 0.6 is 0 Å². The Labute approximate surface area is 168 Å². The highest BCUT2D eigenvalue weighted by molar-refractivity contribution is 5.71. The second-order valence-corrected chi connectivity index (χ2v) is 8.00. The second-order valence-electron chi connectivity index (χ2n) is 8.00. The fourth-order valence-electron chi connectivity index (χ4n) is 2.51. The first-order valence-electron chi connectivity index (χ1n) is 9.99. The van der Waals surface area contributed by atoms with Crippen LogP contribution in [0.3, 0.4) is 0 Å². The fraction of sp³-hybridized carbons (Fsp3) is 0.850. The molecule has 0 amide bonds. The lowest BCUT2D eigenvalue weighted by Gasteiger charge is -2.30. The van der Waals surface area contributed by atoms with Crippen LogP contribution in [-0.2, 0) is 28.6 Å². The molecule has 164 valence electrons. The van der Waals surface area contributed by atoms with E-state index in [0.29, 0.717) is 0 Å². The molecule has 28 heavy (non-hydrogen) atoms. The van der Waals surface area contributed by atoms with Gasteiger partial charge >= 0.3 is 17.9 Å². The first kappa shape index (κ1) is 26.3. The minimum atomic E-state index is -0.810. The molecule has 0 aliphatic rings. The van der Waals surface area contributed by atoms with Gasteiger partial charge in [-0.1, -0.05) is 13.8 Å². The summed E-state index contributed by atoms with van der Waals surface area (Å²) < 4.78 is 15.1. The van der Waals surface area contributed by atoms with Gasteiger partial charge in [-0.3, -0.25) is 14.4 Å². The van der Waals surface area contributed by atoms with Crippen molar-refractivity contribution in [1.82, 2.24) is 5.32 Å². The average Bonchev–Trinajstić information content (AvgIpc) is 2.60. The van der Waals surface area contributed by atoms with Crippen molar-refractivity contribution in [3.63, 3.8) is 0 Å². The molecule has 0 saturated carbocycles. The Morgan fingerprint density at radius 3 is 2.11 bits per heavy atom. The van der Waals surface area contributed by atoms with Gasteiger partial charge in [0.05, 0.1) is 12.0 Å². The SMILES string of the molecule is CCC(C)([NH3+])CCCNC(C)(CC)CC(=O)OCC(COC(C)=O)OC(C)=O. The molecule has 0 aromatic heterocycles. The normalized spacial score (nSPS) is 16.4. The summed E-state index contributed by atoms with van der Waals surface area (Å²) in [5.41, 5.74) is 3.91. The Bertz CT molecular complexity index is 509. The summed E-state index contributed by atoms with van der Waals surface area (Å²) in [6.45, 7) is 11.3. The van der Waals surface area contributed by atoms with Gasteiger partial charge in [-0.15, -0.1) is 0 Å². The van der Waals surface area contributed by atoms with Gasteiger partial charge in [0.15, 0.2) is 6.10 Å². The highest BCUT2D eigenvalue weighted by atomic mass is 16.6. The molecular weight excluding hydrogens is 364 g/mol. The van der Waals surface area contributed by atoms with E-state index in [1.165, 1.54) is 13.8 Å². The molecule has 0 heterocycles. The summed E-state index contributed by atoms with van der Waals surface area (Å²) in [6.07, 6.45) is 3.17. The lowest BCUT2D eigenvalue weighted by molar-refractivity contribution is -0.474. The largest absolute Gasteiger partial charge is 0.462 e. The minimum Gasteiger partial charge on any atom is -0.462 e. The van der Waals surface area contributed by atoms with Gasteiger partial charge in [0.2, 0.25) is 0 Å². The number of hydrogen-bond acceptors (Lipinski definition) is 7. The number of hydrogen-bond donors (Lipinski definition) is 2. The summed E-state index contributed by atoms with van der Waals surface area (Å²) in [4.78, 5) is 34.3. The van der Waals surface area contributed by atoms with E-state index in [1.54, 1.807) is 0 Å². The monoisotopic (exact) mass is 403 g/mol. The maximum atomic E-state index is 12.3. The van der Waals surface area contributed by atoms with Crippen molar-refractivity contribution < 1.29 is 34.3 Å². The maximum Gasteiger partial charge on any atom is 0.307 e. The lowest BCUT2D eigenvalue weighted by atomic mass is 9.92. The van der Waals surface area contributed by atoms with Crippen LogP contribution in [0.2, 0.25) is 0 Å². The molecule has 8 nitrogen and oxygen atoms in total. The molecule has 3 unspecified atom stereocenters. The molecule has 8 heteroatoms. The minimum absolute atomic E-state index is 0.0803. The van der Waals surface area contributed by atoms with Crippen molar-refractivity contribution in [3.05, 3.63) is 0 Å². The summed E-state index contributed by atoms with van der Waals surface area (Å²) in [7, 11) is 0. The Balaban J connectivity index is 4.47. The van der Waals surface area contributed by atoms with Gasteiger partial charge < -0.3 is 25.3 Å². The van der Waals surface area contributed by atoms with Crippen molar-refractivity contribution in [3.8, 4) is 0 Å². The van der Waals surface area contributed by atoms with E-state index in [-0.39, 0.29) is 30.7 Å². The van der Waals surface area contributed by atoms with E-state index < -0.39 is 24.0 Å². The van der Waals surface area contributed by atoms with Crippen molar-refractivity contribution in [2.45, 2.75) is 90.8 Å². The molecule has 0 radical (unpaired) electrons. The number of nitrogens with one attached hydrogen (secondary N) is 1. The topological polar surface area (TPSA) is 119 Å². The third kappa shape index (κ3) is 12.7. The van der Waals surface area contributed by atoms with Crippen LogP contribution < -0.4 is 11.1 Å². The Morgan fingerprint density at radius 2 is 1.61 bits per heavy atom. The van der Waals surface area contributed by atoms with Crippen molar-refractivity contribution in [2.24, 2.45) is 0 Å². The molecule has 3 atom stereocenters. The van der Waals surface area contributed by atoms with Crippen molar-refractivity contribution >= 4 is 17.9 Å². The van der Waals surface area contributed by atoms with Gasteiger partial charge in [0.1, 0.15) is 13.2 Å². The molecule has 0 aliphatic carbocycles. The molecular formula is C20H39N2O6+. The summed E-state index contributed by atoms with van der Waals surface area (Å²) in [6, 6.07) is 0. The van der Waals surface area contributed by atoms with Gasteiger partial charge in [-0.05, 0) is 39.7 Å². The van der Waals surface area contributed by atoms with Crippen molar-refractivity contribution in [2.75, 3.05) is 19.8 Å². The van der Waals surface area contributed by atoms with Crippen molar-refractivity contribution in [1.29, 1.82) is 0 Å². The summed E-state index contributed by atoms with van der Waals surface area (Å²) in [5, 5.41) is 3.45. The molecule has 0 aliphatic heterocycles. The standard InChI is InChI=1S/C20H38N2O6/c1-7-19(5,21)10-9-11-22-20(6,8-2)12-18(25)27-14-17(28-16(4)24)13-26-15(3)23/h17,22H,7-14,21H2,1-6H3/p+1. The fourth-order valence-corrected chi connectivity index (χ4v) is 2.51. The molecule has 0 rings (SSSR count). The van der Waals surface area contributed by atoms with E-state index in [4.69, 9.17) is 14.2 Å². The smallest absolute Gasteiger partial charge is 0.307 e. The quantitative estimate of drug-likeness (QED) is 0.255. The second kappa shape index (κ2) is 12.7. The zero-order chi connectivity index (χ0) is 21.8. The van der Waals surface area contributed by atoms with E-state index in [0.717, 1.165) is 32.2 Å². The van der Waals surface area contributed by atoms with E-state index in [1.807, 2.05) is 13.8 Å². The first-order chi connectivity index (χ1) is 12.9. The van der Waals surface area contributed by atoms with Crippen LogP contribution in [0.4, 0.5) is 0 Å². The van der Waals surface area contributed by atoms with Crippen LogP contribution in [0.15, 0.2) is 0 Å². The highest BCUT2D eigenvalue weighted by Crippen LogP contribution is 2.17. The number of quaternary nitrogens is 1. The Morgan fingerprint density at radius 1 is 1.00 bits per heavy atom. The van der Waals surface area contributed by atoms with Crippen LogP contribution in [-0.4, -0.2) is 54.8 Å². The average molecular weight is 404 g/mol. The van der Waals surface area contributed by atoms with Gasteiger partial charge in [0.25, 0.3) is 0 Å². The summed E-state index contributed by atoms with van der Waals surface area (Å²) >= 11 is 0. The van der Waals surface area contributed by atoms with Crippen LogP contribution in [0, 0.1) is 0 Å². The van der Waals surface area contributed by atoms with Crippen LogP contribution in [0.1, 0.15) is 73.6 Å². The molecule has 4 N–H and O–H groups in total. The van der Waals surface area contributed by atoms with E-state index in [9.17, 15) is 14.4 Å². The third-order valence-corrected chi connectivity index (χ3v) is 4.91. The van der Waals surface area contributed by atoms with Crippen LogP contribution in [0.25, 0.3) is 0 Å². The number of esters is 3. The zero-order valence-electron chi connectivity index (χ0n) is 18.4. The lowest BCUT2D eigenvalue weighted by Crippen LogP contribution is -2.70. The number of ether oxygens (including phenoxy) is 3. The van der Waals surface area contributed by atoms with Gasteiger partial charge in [0, 0.05) is 25.8 Å². The Kier molecular flexibility index (Phi) is 12.0. The first-order valence-corrected chi connectivity index (χ1v) is 9.99. The molecule has 0 saturated heterocycles. The number of carbonyl (C=O) groups excluding carboxylic acids is 3. The predicted octanol–water partition coefficient (Wildman–Crippen LogP) is 1.36. The van der Waals surface area contributed by atoms with Crippen LogP contribution in [0.5, 0.6) is 0 Å². The number of carbonyl (C=O) groups is 3. The maximum absolute atomic E-state index is 12.3. The van der Waals surface area contributed by atoms with Gasteiger partial charge in [-0.2, -0.15) is 0 Å². The zero-order valence-corrected chi connectivity index (χ0v) is 18.4. The Hall–Kier alpha value is -1.67. The number of rotatable bonds is 14. The highest BCUT2D eigenvalue weighted by Gasteiger charge is 2.27. The van der Waals surface area contributed by atoms with E-state index >= 15 is 0 Å².